The molecule has 11 heavy (non-hydrogen) atoms. The second-order valence-electron chi connectivity index (χ2n) is 2.66. The highest BCUT2D eigenvalue weighted by molar-refractivity contribution is 14.1. The standard InChI is InChI=1S/C8H13IN2/c1-3-4-5-11-6-8(9)10-7(11)2/h6H,3-5H2,1-2H3. The van der Waals surface area contributed by atoms with Crippen LogP contribution >= 0.6 is 22.6 Å². The van der Waals surface area contributed by atoms with E-state index in [-0.39, 0.29) is 0 Å². The monoisotopic (exact) mass is 264 g/mol. The van der Waals surface area contributed by atoms with Gasteiger partial charge in [0.15, 0.2) is 0 Å². The summed E-state index contributed by atoms with van der Waals surface area (Å²) in [6.07, 6.45) is 4.59. The molecule has 1 aromatic rings. The zero-order valence-electron chi connectivity index (χ0n) is 6.97. The molecule has 0 atom stereocenters. The molecule has 0 aromatic carbocycles. The summed E-state index contributed by atoms with van der Waals surface area (Å²) in [4.78, 5) is 4.31. The van der Waals surface area contributed by atoms with Gasteiger partial charge in [-0.3, -0.25) is 0 Å². The minimum absolute atomic E-state index is 1.09. The van der Waals surface area contributed by atoms with E-state index < -0.39 is 0 Å². The molecule has 2 nitrogen and oxygen atoms in total. The lowest BCUT2D eigenvalue weighted by Crippen LogP contribution is -1.97. The molecule has 0 aliphatic rings. The van der Waals surface area contributed by atoms with E-state index in [9.17, 15) is 0 Å². The Labute approximate surface area is 81.2 Å². The van der Waals surface area contributed by atoms with E-state index in [1.807, 2.05) is 0 Å². The predicted molar refractivity (Wildman–Crippen MR) is 54.6 cm³/mol. The van der Waals surface area contributed by atoms with Crippen molar-refractivity contribution in [2.45, 2.75) is 33.2 Å². The largest absolute Gasteiger partial charge is 0.334 e. The second-order valence-corrected chi connectivity index (χ2v) is 3.76. The van der Waals surface area contributed by atoms with E-state index in [0.717, 1.165) is 16.1 Å². The van der Waals surface area contributed by atoms with Crippen molar-refractivity contribution >= 4 is 22.6 Å². The average Bonchev–Trinajstić information content (AvgIpc) is 2.26. The molecule has 0 aliphatic carbocycles. The Morgan fingerprint density at radius 2 is 2.36 bits per heavy atom. The first-order valence-electron chi connectivity index (χ1n) is 3.93. The number of halogens is 1. The molecule has 0 aliphatic heterocycles. The number of aromatic nitrogens is 2. The lowest BCUT2D eigenvalue weighted by atomic mass is 10.3. The summed E-state index contributed by atoms with van der Waals surface area (Å²) >= 11 is 2.25. The smallest absolute Gasteiger partial charge is 0.119 e. The third kappa shape index (κ3) is 2.47. The molecule has 0 radical (unpaired) electrons. The van der Waals surface area contributed by atoms with Gasteiger partial charge in [0.2, 0.25) is 0 Å². The van der Waals surface area contributed by atoms with Crippen LogP contribution in [0.25, 0.3) is 0 Å². The van der Waals surface area contributed by atoms with Gasteiger partial charge >= 0.3 is 0 Å². The van der Waals surface area contributed by atoms with Crippen molar-refractivity contribution in [3.63, 3.8) is 0 Å². The van der Waals surface area contributed by atoms with Gasteiger partial charge in [0.1, 0.15) is 9.53 Å². The molecule has 0 N–H and O–H groups in total. The number of unbranched alkanes of at least 4 members (excludes halogenated alkanes) is 1. The Balaban J connectivity index is 2.62. The van der Waals surface area contributed by atoms with Crippen molar-refractivity contribution in [2.24, 2.45) is 0 Å². The first-order valence-corrected chi connectivity index (χ1v) is 5.01. The average molecular weight is 264 g/mol. The van der Waals surface area contributed by atoms with Crippen LogP contribution in [0.1, 0.15) is 25.6 Å². The molecular weight excluding hydrogens is 251 g/mol. The summed E-state index contributed by atoms with van der Waals surface area (Å²) in [5.41, 5.74) is 0. The van der Waals surface area contributed by atoms with Crippen LogP contribution < -0.4 is 0 Å². The minimum atomic E-state index is 1.09. The van der Waals surface area contributed by atoms with Gasteiger partial charge in [0.05, 0.1) is 0 Å². The van der Waals surface area contributed by atoms with Crippen LogP contribution in [0.2, 0.25) is 0 Å². The molecule has 62 valence electrons. The molecule has 1 rings (SSSR count). The van der Waals surface area contributed by atoms with E-state index in [0.29, 0.717) is 0 Å². The highest BCUT2D eigenvalue weighted by Crippen LogP contribution is 2.06. The summed E-state index contributed by atoms with van der Waals surface area (Å²) in [6, 6.07) is 0. The lowest BCUT2D eigenvalue weighted by molar-refractivity contribution is 0.616. The van der Waals surface area contributed by atoms with Crippen LogP contribution in [0.15, 0.2) is 6.20 Å². The van der Waals surface area contributed by atoms with Crippen LogP contribution in [0.3, 0.4) is 0 Å². The molecule has 3 heteroatoms. The molecule has 0 unspecified atom stereocenters. The van der Waals surface area contributed by atoms with Gasteiger partial charge in [-0.05, 0) is 35.9 Å². The Hall–Kier alpha value is -0.0600. The number of rotatable bonds is 3. The lowest BCUT2D eigenvalue weighted by Gasteiger charge is -2.01. The highest BCUT2D eigenvalue weighted by Gasteiger charge is 1.98. The minimum Gasteiger partial charge on any atom is -0.334 e. The van der Waals surface area contributed by atoms with Crippen molar-refractivity contribution in [1.82, 2.24) is 9.55 Å². The molecule has 0 saturated carbocycles. The van der Waals surface area contributed by atoms with Crippen LogP contribution in [0, 0.1) is 10.6 Å². The van der Waals surface area contributed by atoms with Gasteiger partial charge in [-0.2, -0.15) is 0 Å². The van der Waals surface area contributed by atoms with Crippen LogP contribution in [0.4, 0.5) is 0 Å². The van der Waals surface area contributed by atoms with Gasteiger partial charge in [-0.15, -0.1) is 0 Å². The summed E-state index contributed by atoms with van der Waals surface area (Å²) < 4.78 is 3.31. The number of aryl methyl sites for hydroxylation is 2. The number of nitrogens with zero attached hydrogens (tertiary/aromatic N) is 2. The molecule has 0 amide bonds. The van der Waals surface area contributed by atoms with Gasteiger partial charge in [-0.25, -0.2) is 4.98 Å². The van der Waals surface area contributed by atoms with E-state index in [4.69, 9.17) is 0 Å². The van der Waals surface area contributed by atoms with E-state index in [1.165, 1.54) is 12.8 Å². The fraction of sp³-hybridized carbons (Fsp3) is 0.625. The van der Waals surface area contributed by atoms with Crippen LogP contribution in [-0.4, -0.2) is 9.55 Å². The van der Waals surface area contributed by atoms with E-state index in [1.54, 1.807) is 0 Å². The molecule has 0 spiro atoms. The molecule has 1 aromatic heterocycles. The Kier molecular flexibility index (Phi) is 3.36. The highest BCUT2D eigenvalue weighted by atomic mass is 127. The third-order valence-electron chi connectivity index (χ3n) is 1.70. The molecular formula is C8H13IN2. The zero-order valence-corrected chi connectivity index (χ0v) is 9.13. The number of hydrogen-bond acceptors (Lipinski definition) is 1. The zero-order chi connectivity index (χ0) is 8.27. The van der Waals surface area contributed by atoms with Crippen molar-refractivity contribution in [3.05, 3.63) is 15.7 Å². The molecule has 0 fully saturated rings. The normalized spacial score (nSPS) is 10.5. The van der Waals surface area contributed by atoms with Crippen molar-refractivity contribution in [2.75, 3.05) is 0 Å². The second kappa shape index (κ2) is 4.09. The van der Waals surface area contributed by atoms with Crippen LogP contribution in [0.5, 0.6) is 0 Å². The predicted octanol–water partition coefficient (Wildman–Crippen LogP) is 2.60. The van der Waals surface area contributed by atoms with Crippen molar-refractivity contribution in [3.8, 4) is 0 Å². The fourth-order valence-electron chi connectivity index (χ4n) is 1.02. The van der Waals surface area contributed by atoms with E-state index in [2.05, 4.69) is 52.2 Å². The first-order chi connectivity index (χ1) is 5.24. The maximum absolute atomic E-state index is 4.31. The topological polar surface area (TPSA) is 17.8 Å². The summed E-state index contributed by atoms with van der Waals surface area (Å²) in [5, 5.41) is 0. The van der Waals surface area contributed by atoms with Gasteiger partial charge in [0.25, 0.3) is 0 Å². The van der Waals surface area contributed by atoms with Gasteiger partial charge in [0, 0.05) is 12.7 Å². The first kappa shape index (κ1) is 9.03. The van der Waals surface area contributed by atoms with Gasteiger partial charge < -0.3 is 4.57 Å². The molecule has 0 saturated heterocycles. The summed E-state index contributed by atoms with van der Waals surface area (Å²) in [6.45, 7) is 5.37. The van der Waals surface area contributed by atoms with E-state index >= 15 is 0 Å². The summed E-state index contributed by atoms with van der Waals surface area (Å²) in [5.74, 6) is 1.13. The Bertz CT molecular complexity index is 230. The SMILES string of the molecule is CCCCn1cc(I)nc1C. The van der Waals surface area contributed by atoms with Crippen LogP contribution in [-0.2, 0) is 6.54 Å². The number of imidazole rings is 1. The third-order valence-corrected chi connectivity index (χ3v) is 2.22. The van der Waals surface area contributed by atoms with Gasteiger partial charge in [-0.1, -0.05) is 13.3 Å². The maximum atomic E-state index is 4.31. The molecule has 1 heterocycles. The number of hydrogen-bond donors (Lipinski definition) is 0. The van der Waals surface area contributed by atoms with Crippen molar-refractivity contribution < 1.29 is 0 Å². The Morgan fingerprint density at radius 1 is 1.64 bits per heavy atom. The maximum Gasteiger partial charge on any atom is 0.119 e. The summed E-state index contributed by atoms with van der Waals surface area (Å²) in [7, 11) is 0. The van der Waals surface area contributed by atoms with Crippen molar-refractivity contribution in [1.29, 1.82) is 0 Å². The molecule has 0 bridgehead atoms. The quantitative estimate of drug-likeness (QED) is 0.767. The fourth-order valence-corrected chi connectivity index (χ4v) is 1.71. The Morgan fingerprint density at radius 3 is 2.82 bits per heavy atom.